The Morgan fingerprint density at radius 3 is 2.76 bits per heavy atom. The van der Waals surface area contributed by atoms with Crippen LogP contribution in [-0.2, 0) is 4.74 Å². The van der Waals surface area contributed by atoms with Crippen molar-refractivity contribution in [2.75, 3.05) is 30.9 Å². The van der Waals surface area contributed by atoms with Gasteiger partial charge in [-0.1, -0.05) is 6.07 Å². The monoisotopic (exact) mass is 286 g/mol. The summed E-state index contributed by atoms with van der Waals surface area (Å²) in [5.41, 5.74) is 3.57. The van der Waals surface area contributed by atoms with Gasteiger partial charge in [0, 0.05) is 32.1 Å². The lowest BCUT2D eigenvalue weighted by molar-refractivity contribution is 0.197. The Bertz CT molecular complexity index is 586. The molecule has 0 bridgehead atoms. The van der Waals surface area contributed by atoms with Crippen LogP contribution in [-0.4, -0.2) is 30.2 Å². The van der Waals surface area contributed by atoms with Gasteiger partial charge in [0.1, 0.15) is 5.82 Å². The van der Waals surface area contributed by atoms with E-state index < -0.39 is 0 Å². The van der Waals surface area contributed by atoms with Crippen molar-refractivity contribution in [2.24, 2.45) is 0 Å². The molecular weight excluding hydrogens is 264 g/mol. The highest BCUT2D eigenvalue weighted by atomic mass is 16.5. The molecule has 2 rings (SSSR count). The second kappa shape index (κ2) is 7.59. The Labute approximate surface area is 125 Å². The van der Waals surface area contributed by atoms with Crippen LogP contribution in [0, 0.1) is 13.8 Å². The fourth-order valence-electron chi connectivity index (χ4n) is 1.90. The first-order valence-corrected chi connectivity index (χ1v) is 7.09. The summed E-state index contributed by atoms with van der Waals surface area (Å²) in [4.78, 5) is 8.65. The van der Waals surface area contributed by atoms with Crippen LogP contribution in [0.4, 0.5) is 17.5 Å². The molecular formula is C16H22N4O. The molecule has 5 heteroatoms. The van der Waals surface area contributed by atoms with Gasteiger partial charge in [0.25, 0.3) is 0 Å². The van der Waals surface area contributed by atoms with E-state index in [9.17, 15) is 0 Å². The number of anilines is 3. The van der Waals surface area contributed by atoms with Gasteiger partial charge in [0.2, 0.25) is 5.95 Å². The molecule has 2 aromatic rings. The number of aromatic nitrogens is 2. The summed E-state index contributed by atoms with van der Waals surface area (Å²) in [5, 5.41) is 6.48. The lowest BCUT2D eigenvalue weighted by atomic mass is 10.1. The Morgan fingerprint density at radius 2 is 2.00 bits per heavy atom. The number of benzene rings is 1. The third-order valence-corrected chi connectivity index (χ3v) is 3.24. The molecule has 1 aromatic carbocycles. The van der Waals surface area contributed by atoms with Crippen molar-refractivity contribution in [1.82, 2.24) is 9.97 Å². The summed E-state index contributed by atoms with van der Waals surface area (Å²) in [5.74, 6) is 1.41. The Kier molecular flexibility index (Phi) is 5.51. The molecule has 0 aliphatic carbocycles. The third kappa shape index (κ3) is 4.72. The van der Waals surface area contributed by atoms with E-state index in [1.54, 1.807) is 13.3 Å². The largest absolute Gasteiger partial charge is 0.385 e. The predicted molar refractivity (Wildman–Crippen MR) is 86.2 cm³/mol. The van der Waals surface area contributed by atoms with E-state index >= 15 is 0 Å². The minimum absolute atomic E-state index is 0.625. The summed E-state index contributed by atoms with van der Waals surface area (Å²) in [6.07, 6.45) is 2.67. The molecule has 2 N–H and O–H groups in total. The second-order valence-electron chi connectivity index (χ2n) is 4.96. The number of nitrogens with zero attached hydrogens (tertiary/aromatic N) is 2. The van der Waals surface area contributed by atoms with Gasteiger partial charge in [-0.25, -0.2) is 4.98 Å². The molecule has 0 saturated carbocycles. The predicted octanol–water partition coefficient (Wildman–Crippen LogP) is 3.29. The summed E-state index contributed by atoms with van der Waals surface area (Å²) in [6.45, 7) is 5.73. The molecule has 0 aliphatic rings. The second-order valence-corrected chi connectivity index (χ2v) is 4.96. The molecule has 21 heavy (non-hydrogen) atoms. The zero-order valence-corrected chi connectivity index (χ0v) is 12.8. The fraction of sp³-hybridized carbons (Fsp3) is 0.375. The molecule has 0 atom stereocenters. The van der Waals surface area contributed by atoms with Crippen molar-refractivity contribution in [2.45, 2.75) is 20.3 Å². The first kappa shape index (κ1) is 15.3. The molecule has 0 fully saturated rings. The van der Waals surface area contributed by atoms with Crippen LogP contribution in [0.3, 0.4) is 0 Å². The smallest absolute Gasteiger partial charge is 0.224 e. The molecule has 0 amide bonds. The van der Waals surface area contributed by atoms with Gasteiger partial charge >= 0.3 is 0 Å². The lowest BCUT2D eigenvalue weighted by Crippen LogP contribution is -2.08. The van der Waals surface area contributed by atoms with Gasteiger partial charge in [0.15, 0.2) is 0 Å². The number of aryl methyl sites for hydroxylation is 2. The molecule has 5 nitrogen and oxygen atoms in total. The van der Waals surface area contributed by atoms with Crippen molar-refractivity contribution < 1.29 is 4.74 Å². The average Bonchev–Trinajstić information content (AvgIpc) is 2.48. The van der Waals surface area contributed by atoms with Crippen molar-refractivity contribution >= 4 is 17.5 Å². The number of methoxy groups -OCH3 is 1. The Hall–Kier alpha value is -2.14. The molecule has 0 unspecified atom stereocenters. The standard InChI is InChI=1S/C16H22N4O/c1-12-5-6-14(11-13(12)2)19-15-7-9-18-16(20-15)17-8-4-10-21-3/h5-7,9,11H,4,8,10H2,1-3H3,(H2,17,18,19,20). The van der Waals surface area contributed by atoms with Crippen molar-refractivity contribution in [1.29, 1.82) is 0 Å². The highest BCUT2D eigenvalue weighted by Gasteiger charge is 2.01. The number of nitrogens with one attached hydrogen (secondary N) is 2. The van der Waals surface area contributed by atoms with E-state index in [1.165, 1.54) is 11.1 Å². The highest BCUT2D eigenvalue weighted by Crippen LogP contribution is 2.18. The summed E-state index contributed by atoms with van der Waals surface area (Å²) in [6, 6.07) is 8.12. The van der Waals surface area contributed by atoms with Crippen LogP contribution in [0.5, 0.6) is 0 Å². The van der Waals surface area contributed by atoms with Gasteiger partial charge in [-0.3, -0.25) is 0 Å². The number of hydrogen-bond acceptors (Lipinski definition) is 5. The van der Waals surface area contributed by atoms with Crippen molar-refractivity contribution in [3.8, 4) is 0 Å². The van der Waals surface area contributed by atoms with Crippen molar-refractivity contribution in [3.05, 3.63) is 41.6 Å². The minimum Gasteiger partial charge on any atom is -0.385 e. The maximum Gasteiger partial charge on any atom is 0.224 e. The van der Waals surface area contributed by atoms with Gasteiger partial charge in [0.05, 0.1) is 0 Å². The average molecular weight is 286 g/mol. The number of rotatable bonds is 7. The quantitative estimate of drug-likeness (QED) is 0.765. The van der Waals surface area contributed by atoms with E-state index in [2.05, 4.69) is 52.6 Å². The van der Waals surface area contributed by atoms with Gasteiger partial charge in [-0.15, -0.1) is 0 Å². The topological polar surface area (TPSA) is 59.1 Å². The normalized spacial score (nSPS) is 10.4. The van der Waals surface area contributed by atoms with Gasteiger partial charge in [-0.05, 0) is 49.6 Å². The molecule has 112 valence electrons. The van der Waals surface area contributed by atoms with E-state index in [0.29, 0.717) is 5.95 Å². The zero-order valence-electron chi connectivity index (χ0n) is 12.8. The summed E-state index contributed by atoms with van der Waals surface area (Å²) >= 11 is 0. The van der Waals surface area contributed by atoms with Crippen molar-refractivity contribution in [3.63, 3.8) is 0 Å². The van der Waals surface area contributed by atoms with Gasteiger partial charge in [-0.2, -0.15) is 4.98 Å². The molecule has 0 radical (unpaired) electrons. The van der Waals surface area contributed by atoms with Crippen LogP contribution in [0.15, 0.2) is 30.5 Å². The van der Waals surface area contributed by atoms with Crippen LogP contribution in [0.25, 0.3) is 0 Å². The summed E-state index contributed by atoms with van der Waals surface area (Å²) in [7, 11) is 1.70. The van der Waals surface area contributed by atoms with Crippen LogP contribution in [0.1, 0.15) is 17.5 Å². The lowest BCUT2D eigenvalue weighted by Gasteiger charge is -2.09. The fourth-order valence-corrected chi connectivity index (χ4v) is 1.90. The molecule has 1 heterocycles. The van der Waals surface area contributed by atoms with E-state index in [-0.39, 0.29) is 0 Å². The molecule has 0 saturated heterocycles. The number of hydrogen-bond donors (Lipinski definition) is 2. The Morgan fingerprint density at radius 1 is 1.14 bits per heavy atom. The van der Waals surface area contributed by atoms with Crippen LogP contribution in [0.2, 0.25) is 0 Å². The Balaban J connectivity index is 1.98. The first-order valence-electron chi connectivity index (χ1n) is 7.09. The molecule has 0 aliphatic heterocycles. The zero-order chi connectivity index (χ0) is 15.1. The third-order valence-electron chi connectivity index (χ3n) is 3.24. The molecule has 1 aromatic heterocycles. The van der Waals surface area contributed by atoms with E-state index in [4.69, 9.17) is 4.74 Å². The van der Waals surface area contributed by atoms with Gasteiger partial charge < -0.3 is 15.4 Å². The van der Waals surface area contributed by atoms with E-state index in [0.717, 1.165) is 31.1 Å². The maximum absolute atomic E-state index is 5.01. The number of ether oxygens (including phenoxy) is 1. The highest BCUT2D eigenvalue weighted by molar-refractivity contribution is 5.58. The SMILES string of the molecule is COCCCNc1nccc(Nc2ccc(C)c(C)c2)n1. The van der Waals surface area contributed by atoms with Crippen LogP contribution < -0.4 is 10.6 Å². The first-order chi connectivity index (χ1) is 10.2. The molecule has 0 spiro atoms. The maximum atomic E-state index is 5.01. The van der Waals surface area contributed by atoms with Crippen LogP contribution >= 0.6 is 0 Å². The van der Waals surface area contributed by atoms with E-state index in [1.807, 2.05) is 6.07 Å². The summed E-state index contributed by atoms with van der Waals surface area (Å²) < 4.78 is 5.01. The minimum atomic E-state index is 0.625.